The first-order valence-corrected chi connectivity index (χ1v) is 21.3. The van der Waals surface area contributed by atoms with E-state index in [-0.39, 0.29) is 10.8 Å². The topological polar surface area (TPSA) is 6.48 Å². The SMILES string of the molecule is Cc1ccccc1N(c1ccccc1)c1cc2c(c3ccccc13)-c1cc3c(cc1C2(C)C)-c1c(cc(N(c2ccccc2)c2ccccc2C)c2ccccc12)C3(C)C. The Bertz CT molecular complexity index is 2960. The fourth-order valence-electron chi connectivity index (χ4n) is 10.6. The molecule has 0 fully saturated rings. The van der Waals surface area contributed by atoms with Gasteiger partial charge in [0.2, 0.25) is 0 Å². The van der Waals surface area contributed by atoms with Crippen LogP contribution in [0.15, 0.2) is 182 Å². The fraction of sp³-hybridized carbons (Fsp3) is 0.138. The van der Waals surface area contributed by atoms with Gasteiger partial charge in [-0.3, -0.25) is 0 Å². The largest absolute Gasteiger partial charge is 0.310 e. The third-order valence-corrected chi connectivity index (χ3v) is 13.7. The highest BCUT2D eigenvalue weighted by Gasteiger charge is 2.44. The van der Waals surface area contributed by atoms with E-state index < -0.39 is 0 Å². The smallest absolute Gasteiger partial charge is 0.0543 e. The van der Waals surface area contributed by atoms with Gasteiger partial charge >= 0.3 is 0 Å². The van der Waals surface area contributed by atoms with Crippen LogP contribution in [0.2, 0.25) is 0 Å². The Morgan fingerprint density at radius 3 is 1.03 bits per heavy atom. The highest BCUT2D eigenvalue weighted by molar-refractivity contribution is 6.13. The molecule has 0 spiro atoms. The van der Waals surface area contributed by atoms with Crippen molar-refractivity contribution in [1.82, 2.24) is 0 Å². The molecule has 2 aliphatic carbocycles. The quantitative estimate of drug-likeness (QED) is 0.166. The molecule has 9 aromatic rings. The van der Waals surface area contributed by atoms with Crippen molar-refractivity contribution in [1.29, 1.82) is 0 Å². The van der Waals surface area contributed by atoms with E-state index in [0.717, 1.165) is 11.4 Å². The highest BCUT2D eigenvalue weighted by Crippen LogP contribution is 2.61. The zero-order chi connectivity index (χ0) is 40.9. The number of anilines is 6. The van der Waals surface area contributed by atoms with E-state index in [1.165, 1.54) is 99.9 Å². The lowest BCUT2D eigenvalue weighted by Gasteiger charge is -2.31. The first kappa shape index (κ1) is 36.2. The van der Waals surface area contributed by atoms with Gasteiger partial charge in [0.1, 0.15) is 0 Å². The number of hydrogen-bond acceptors (Lipinski definition) is 2. The van der Waals surface area contributed by atoms with Crippen molar-refractivity contribution in [3.05, 3.63) is 215 Å². The minimum atomic E-state index is -0.246. The summed E-state index contributed by atoms with van der Waals surface area (Å²) in [6.45, 7) is 14.2. The number of nitrogens with zero attached hydrogens (tertiary/aromatic N) is 2. The number of para-hydroxylation sites is 4. The standard InChI is InChI=1S/C58H48N2/c1-37-21-13-19-31-51(37)59(39-23-9-7-10-24-39)53-35-49-55(43-29-17-15-27-41(43)53)45-33-48-46(34-47(45)57(49,3)4)56-44-30-18-16-28-42(44)54(36-50(56)58(48,5)6)60(40-25-11-8-12-26-40)52-32-20-14-22-38(52)2/h7-36H,1-6H3. The Morgan fingerprint density at radius 1 is 0.317 bits per heavy atom. The van der Waals surface area contributed by atoms with Crippen LogP contribution in [-0.4, -0.2) is 0 Å². The molecule has 11 rings (SSSR count). The first-order chi connectivity index (χ1) is 29.1. The van der Waals surface area contributed by atoms with Crippen LogP contribution in [0, 0.1) is 13.8 Å². The summed E-state index contributed by atoms with van der Waals surface area (Å²) < 4.78 is 0. The van der Waals surface area contributed by atoms with Gasteiger partial charge in [-0.15, -0.1) is 0 Å². The number of rotatable bonds is 6. The second-order valence-electron chi connectivity index (χ2n) is 17.8. The summed E-state index contributed by atoms with van der Waals surface area (Å²) in [6.07, 6.45) is 0. The number of benzene rings is 9. The summed E-state index contributed by atoms with van der Waals surface area (Å²) in [5.41, 5.74) is 20.1. The predicted octanol–water partition coefficient (Wildman–Crippen LogP) is 16.2. The number of hydrogen-bond donors (Lipinski definition) is 0. The van der Waals surface area contributed by atoms with E-state index in [4.69, 9.17) is 0 Å². The summed E-state index contributed by atoms with van der Waals surface area (Å²) in [6, 6.07) is 67.5. The lowest BCUT2D eigenvalue weighted by Crippen LogP contribution is -2.18. The summed E-state index contributed by atoms with van der Waals surface area (Å²) in [7, 11) is 0. The maximum atomic E-state index is 2.57. The molecule has 0 bridgehead atoms. The molecule has 0 N–H and O–H groups in total. The molecule has 0 amide bonds. The third-order valence-electron chi connectivity index (χ3n) is 13.7. The third kappa shape index (κ3) is 5.20. The van der Waals surface area contributed by atoms with Crippen molar-refractivity contribution in [2.75, 3.05) is 9.80 Å². The zero-order valence-corrected chi connectivity index (χ0v) is 35.2. The minimum Gasteiger partial charge on any atom is -0.310 e. The van der Waals surface area contributed by atoms with Crippen molar-refractivity contribution in [3.63, 3.8) is 0 Å². The summed E-state index contributed by atoms with van der Waals surface area (Å²) in [5, 5.41) is 5.10. The normalized spacial score (nSPS) is 14.1. The summed E-state index contributed by atoms with van der Waals surface area (Å²) in [5.74, 6) is 0. The average molecular weight is 773 g/mol. The molecular formula is C58H48N2. The maximum absolute atomic E-state index is 2.57. The monoisotopic (exact) mass is 772 g/mol. The fourth-order valence-corrected chi connectivity index (χ4v) is 10.6. The van der Waals surface area contributed by atoms with Gasteiger partial charge in [0.05, 0.1) is 11.4 Å². The Balaban J connectivity index is 1.15. The molecule has 0 aromatic heterocycles. The molecule has 0 saturated heterocycles. The Kier molecular flexibility index (Phi) is 8.03. The van der Waals surface area contributed by atoms with Gasteiger partial charge in [0, 0.05) is 44.4 Å². The second kappa shape index (κ2) is 13.3. The first-order valence-electron chi connectivity index (χ1n) is 21.3. The molecule has 0 aliphatic heterocycles. The lowest BCUT2D eigenvalue weighted by molar-refractivity contribution is 0.652. The molecule has 0 radical (unpaired) electrons. The molecule has 290 valence electrons. The Labute approximate surface area is 354 Å². The Hall–Kier alpha value is -6.90. The van der Waals surface area contributed by atoms with Crippen LogP contribution >= 0.6 is 0 Å². The van der Waals surface area contributed by atoms with Crippen LogP contribution in [-0.2, 0) is 10.8 Å². The van der Waals surface area contributed by atoms with E-state index in [1.54, 1.807) is 0 Å². The van der Waals surface area contributed by atoms with Gasteiger partial charge in [-0.1, -0.05) is 149 Å². The van der Waals surface area contributed by atoms with Gasteiger partial charge in [-0.05, 0) is 141 Å². The van der Waals surface area contributed by atoms with E-state index >= 15 is 0 Å². The molecular weight excluding hydrogens is 725 g/mol. The molecule has 2 aliphatic rings. The summed E-state index contributed by atoms with van der Waals surface area (Å²) in [4.78, 5) is 4.94. The average Bonchev–Trinajstić information content (AvgIpc) is 3.64. The molecule has 0 heterocycles. The van der Waals surface area contributed by atoms with E-state index in [9.17, 15) is 0 Å². The van der Waals surface area contributed by atoms with Gasteiger partial charge in [0.15, 0.2) is 0 Å². The van der Waals surface area contributed by atoms with Crippen LogP contribution in [0.3, 0.4) is 0 Å². The Morgan fingerprint density at radius 2 is 0.650 bits per heavy atom. The van der Waals surface area contributed by atoms with E-state index in [1.807, 2.05) is 0 Å². The van der Waals surface area contributed by atoms with Crippen LogP contribution < -0.4 is 9.80 Å². The molecule has 9 aromatic carbocycles. The van der Waals surface area contributed by atoms with Crippen molar-refractivity contribution >= 4 is 55.7 Å². The van der Waals surface area contributed by atoms with Gasteiger partial charge in [0.25, 0.3) is 0 Å². The van der Waals surface area contributed by atoms with Crippen molar-refractivity contribution in [3.8, 4) is 22.3 Å². The summed E-state index contributed by atoms with van der Waals surface area (Å²) >= 11 is 0. The lowest BCUT2D eigenvalue weighted by atomic mass is 9.79. The van der Waals surface area contributed by atoms with Crippen molar-refractivity contribution in [2.24, 2.45) is 0 Å². The van der Waals surface area contributed by atoms with E-state index in [2.05, 4.69) is 233 Å². The highest BCUT2D eigenvalue weighted by atomic mass is 15.2. The van der Waals surface area contributed by atoms with Crippen LogP contribution in [0.5, 0.6) is 0 Å². The number of aryl methyl sites for hydroxylation is 2. The van der Waals surface area contributed by atoms with E-state index in [0.29, 0.717) is 0 Å². The predicted molar refractivity (Wildman–Crippen MR) is 255 cm³/mol. The van der Waals surface area contributed by atoms with Gasteiger partial charge in [-0.25, -0.2) is 0 Å². The van der Waals surface area contributed by atoms with Crippen molar-refractivity contribution < 1.29 is 0 Å². The zero-order valence-electron chi connectivity index (χ0n) is 35.2. The molecule has 2 nitrogen and oxygen atoms in total. The van der Waals surface area contributed by atoms with Crippen LogP contribution in [0.1, 0.15) is 61.1 Å². The van der Waals surface area contributed by atoms with Crippen molar-refractivity contribution in [2.45, 2.75) is 52.4 Å². The molecule has 0 saturated carbocycles. The number of fused-ring (bicyclic) bond motifs is 10. The maximum Gasteiger partial charge on any atom is 0.0543 e. The van der Waals surface area contributed by atoms with Gasteiger partial charge < -0.3 is 9.80 Å². The molecule has 2 heteroatoms. The molecule has 0 atom stereocenters. The van der Waals surface area contributed by atoms with Crippen LogP contribution in [0.25, 0.3) is 43.8 Å². The van der Waals surface area contributed by atoms with Gasteiger partial charge in [-0.2, -0.15) is 0 Å². The van der Waals surface area contributed by atoms with Crippen LogP contribution in [0.4, 0.5) is 34.1 Å². The molecule has 60 heavy (non-hydrogen) atoms. The minimum absolute atomic E-state index is 0.246. The molecule has 0 unspecified atom stereocenters. The second-order valence-corrected chi connectivity index (χ2v) is 17.8.